The van der Waals surface area contributed by atoms with E-state index in [0.717, 1.165) is 37.7 Å². The first-order valence-corrected chi connectivity index (χ1v) is 8.07. The van der Waals surface area contributed by atoms with Crippen LogP contribution in [0.3, 0.4) is 0 Å². The topological polar surface area (TPSA) is 31.5 Å². The Labute approximate surface area is 140 Å². The molecule has 2 aromatic rings. The van der Waals surface area contributed by atoms with Crippen LogP contribution in [0, 0.1) is 17.1 Å². The molecule has 0 aromatic heterocycles. The molecule has 0 spiro atoms. The molecule has 0 radical (unpaired) electrons. The van der Waals surface area contributed by atoms with Gasteiger partial charge in [0.25, 0.3) is 0 Å². The minimum atomic E-state index is -0.446. The SMILES string of the molecule is N#Cc1c(F)cccc1N1CC[NH+](Cc2cccc(Cl)c2)CC1. The highest BCUT2D eigenvalue weighted by atomic mass is 35.5. The quantitative estimate of drug-likeness (QED) is 0.936. The lowest BCUT2D eigenvalue weighted by Crippen LogP contribution is -3.13. The summed E-state index contributed by atoms with van der Waals surface area (Å²) in [4.78, 5) is 3.57. The molecule has 3 nitrogen and oxygen atoms in total. The van der Waals surface area contributed by atoms with E-state index in [9.17, 15) is 4.39 Å². The average molecular weight is 331 g/mol. The van der Waals surface area contributed by atoms with Crippen LogP contribution >= 0.6 is 11.6 Å². The third-order valence-corrected chi connectivity index (χ3v) is 4.49. The number of anilines is 1. The highest BCUT2D eigenvalue weighted by Gasteiger charge is 2.23. The van der Waals surface area contributed by atoms with Crippen molar-refractivity contribution in [2.24, 2.45) is 0 Å². The van der Waals surface area contributed by atoms with Gasteiger partial charge in [0.15, 0.2) is 0 Å². The van der Waals surface area contributed by atoms with Gasteiger partial charge < -0.3 is 9.80 Å². The van der Waals surface area contributed by atoms with Crippen molar-refractivity contribution in [2.45, 2.75) is 6.54 Å². The lowest BCUT2D eigenvalue weighted by Gasteiger charge is -2.34. The Morgan fingerprint density at radius 2 is 1.91 bits per heavy atom. The number of halogens is 2. The lowest BCUT2D eigenvalue weighted by molar-refractivity contribution is -0.914. The molecule has 0 bridgehead atoms. The second-order valence-corrected chi connectivity index (χ2v) is 6.23. The van der Waals surface area contributed by atoms with E-state index in [-0.39, 0.29) is 5.56 Å². The van der Waals surface area contributed by atoms with Crippen LogP contribution in [0.5, 0.6) is 0 Å². The van der Waals surface area contributed by atoms with Crippen LogP contribution in [0.4, 0.5) is 10.1 Å². The summed E-state index contributed by atoms with van der Waals surface area (Å²) in [7, 11) is 0. The first-order valence-electron chi connectivity index (χ1n) is 7.69. The van der Waals surface area contributed by atoms with E-state index < -0.39 is 5.82 Å². The maximum atomic E-state index is 13.7. The van der Waals surface area contributed by atoms with Crippen LogP contribution in [0.15, 0.2) is 42.5 Å². The Hall–Kier alpha value is -2.09. The predicted molar refractivity (Wildman–Crippen MR) is 89.2 cm³/mol. The molecule has 118 valence electrons. The van der Waals surface area contributed by atoms with Gasteiger partial charge >= 0.3 is 0 Å². The Bertz CT molecular complexity index is 733. The molecule has 0 amide bonds. The lowest BCUT2D eigenvalue weighted by atomic mass is 10.1. The summed E-state index contributed by atoms with van der Waals surface area (Å²) < 4.78 is 13.7. The molecule has 0 atom stereocenters. The molecule has 0 aliphatic carbocycles. The van der Waals surface area contributed by atoms with Gasteiger partial charge in [0.2, 0.25) is 0 Å². The number of benzene rings is 2. The first kappa shape index (κ1) is 15.8. The van der Waals surface area contributed by atoms with Crippen molar-refractivity contribution in [1.82, 2.24) is 0 Å². The Balaban J connectivity index is 1.65. The second-order valence-electron chi connectivity index (χ2n) is 5.79. The minimum Gasteiger partial charge on any atom is -0.359 e. The zero-order valence-electron chi connectivity index (χ0n) is 12.7. The molecule has 1 N–H and O–H groups in total. The van der Waals surface area contributed by atoms with Crippen molar-refractivity contribution >= 4 is 17.3 Å². The molecule has 5 heteroatoms. The van der Waals surface area contributed by atoms with E-state index in [0.29, 0.717) is 5.69 Å². The molecule has 0 unspecified atom stereocenters. The van der Waals surface area contributed by atoms with Crippen LogP contribution in [0.2, 0.25) is 5.02 Å². The average Bonchev–Trinajstić information content (AvgIpc) is 2.55. The first-order chi connectivity index (χ1) is 11.2. The number of nitriles is 1. The summed E-state index contributed by atoms with van der Waals surface area (Å²) in [5.74, 6) is -0.446. The van der Waals surface area contributed by atoms with Crippen LogP contribution in [0.1, 0.15) is 11.1 Å². The van der Waals surface area contributed by atoms with Gasteiger partial charge in [-0.3, -0.25) is 0 Å². The van der Waals surface area contributed by atoms with Crippen molar-refractivity contribution < 1.29 is 9.29 Å². The van der Waals surface area contributed by atoms with Gasteiger partial charge in [-0.25, -0.2) is 4.39 Å². The summed E-state index contributed by atoms with van der Waals surface area (Å²) >= 11 is 6.03. The molecule has 0 saturated carbocycles. The monoisotopic (exact) mass is 330 g/mol. The van der Waals surface area contributed by atoms with Crippen LogP contribution < -0.4 is 9.80 Å². The number of nitrogens with one attached hydrogen (secondary N) is 1. The second kappa shape index (κ2) is 6.99. The minimum absolute atomic E-state index is 0.144. The zero-order chi connectivity index (χ0) is 16.2. The fourth-order valence-corrected chi connectivity index (χ4v) is 3.28. The van der Waals surface area contributed by atoms with Gasteiger partial charge in [-0.15, -0.1) is 0 Å². The molecule has 1 heterocycles. The summed E-state index contributed by atoms with van der Waals surface area (Å²) in [6, 6.07) is 14.7. The predicted octanol–water partition coefficient (Wildman–Crippen LogP) is 2.26. The Morgan fingerprint density at radius 1 is 1.17 bits per heavy atom. The summed E-state index contributed by atoms with van der Waals surface area (Å²) in [5, 5.41) is 9.93. The fourth-order valence-electron chi connectivity index (χ4n) is 3.06. The smallest absolute Gasteiger partial charge is 0.143 e. The maximum Gasteiger partial charge on any atom is 0.143 e. The third kappa shape index (κ3) is 3.64. The fraction of sp³-hybridized carbons (Fsp3) is 0.278. The standard InChI is InChI=1S/C18H17ClFN3/c19-15-4-1-3-14(11-15)13-22-7-9-23(10-8-22)18-6-2-5-17(20)16(18)12-21/h1-6,11H,7-10,13H2/p+1. The van der Waals surface area contributed by atoms with E-state index in [2.05, 4.69) is 11.0 Å². The van der Waals surface area contributed by atoms with E-state index in [4.69, 9.17) is 16.9 Å². The zero-order valence-corrected chi connectivity index (χ0v) is 13.5. The van der Waals surface area contributed by atoms with Gasteiger partial charge in [-0.1, -0.05) is 29.8 Å². The molecular formula is C18H18ClFN3+. The van der Waals surface area contributed by atoms with Crippen molar-refractivity contribution in [3.8, 4) is 6.07 Å². The van der Waals surface area contributed by atoms with E-state index >= 15 is 0 Å². The van der Waals surface area contributed by atoms with Gasteiger partial charge in [0, 0.05) is 10.6 Å². The number of nitrogens with zero attached hydrogens (tertiary/aromatic N) is 2. The van der Waals surface area contributed by atoms with Crippen molar-refractivity contribution in [2.75, 3.05) is 31.1 Å². The van der Waals surface area contributed by atoms with Crippen LogP contribution in [0.25, 0.3) is 0 Å². The number of hydrogen-bond acceptors (Lipinski definition) is 2. The summed E-state index contributed by atoms with van der Waals surface area (Å²) in [6.45, 7) is 4.46. The molecule has 1 fully saturated rings. The number of piperazine rings is 1. The number of rotatable bonds is 3. The number of quaternary nitrogens is 1. The normalized spacial score (nSPS) is 15.4. The van der Waals surface area contributed by atoms with E-state index in [1.165, 1.54) is 16.5 Å². The van der Waals surface area contributed by atoms with Crippen LogP contribution in [-0.4, -0.2) is 26.2 Å². The summed E-state index contributed by atoms with van der Waals surface area (Å²) in [6.07, 6.45) is 0. The maximum absolute atomic E-state index is 13.7. The highest BCUT2D eigenvalue weighted by molar-refractivity contribution is 6.30. The molecule has 3 rings (SSSR count). The van der Waals surface area contributed by atoms with Crippen LogP contribution in [-0.2, 0) is 6.54 Å². The van der Waals surface area contributed by atoms with Crippen molar-refractivity contribution in [3.63, 3.8) is 0 Å². The number of hydrogen-bond donors (Lipinski definition) is 1. The highest BCUT2D eigenvalue weighted by Crippen LogP contribution is 2.22. The van der Waals surface area contributed by atoms with Gasteiger partial charge in [0.05, 0.1) is 31.9 Å². The molecule has 23 heavy (non-hydrogen) atoms. The Morgan fingerprint density at radius 3 is 2.61 bits per heavy atom. The van der Waals surface area contributed by atoms with E-state index in [1.54, 1.807) is 6.07 Å². The van der Waals surface area contributed by atoms with Gasteiger partial charge in [0.1, 0.15) is 24.0 Å². The van der Waals surface area contributed by atoms with Gasteiger partial charge in [-0.05, 0) is 24.3 Å². The van der Waals surface area contributed by atoms with Crippen molar-refractivity contribution in [1.29, 1.82) is 5.26 Å². The van der Waals surface area contributed by atoms with Crippen molar-refractivity contribution in [3.05, 3.63) is 64.4 Å². The summed E-state index contributed by atoms with van der Waals surface area (Å²) in [5.41, 5.74) is 2.07. The third-order valence-electron chi connectivity index (χ3n) is 4.26. The molecule has 1 saturated heterocycles. The molecule has 1 aliphatic rings. The van der Waals surface area contributed by atoms with Gasteiger partial charge in [-0.2, -0.15) is 5.26 Å². The largest absolute Gasteiger partial charge is 0.359 e. The molecule has 1 aliphatic heterocycles. The molecule has 2 aromatic carbocycles. The van der Waals surface area contributed by atoms with E-state index in [1.807, 2.05) is 30.3 Å². The Kier molecular flexibility index (Phi) is 4.80. The molecular weight excluding hydrogens is 313 g/mol.